The van der Waals surface area contributed by atoms with Gasteiger partial charge in [0.25, 0.3) is 0 Å². The number of aryl methyl sites for hydroxylation is 1. The molecular weight excluding hydrogens is 222 g/mol. The van der Waals surface area contributed by atoms with Gasteiger partial charge in [0.2, 0.25) is 0 Å². The maximum Gasteiger partial charge on any atom is 0.119 e. The Hall–Kier alpha value is -1.02. The molecule has 0 atom stereocenters. The van der Waals surface area contributed by atoms with Gasteiger partial charge in [-0.05, 0) is 40.0 Å². The van der Waals surface area contributed by atoms with Crippen molar-refractivity contribution in [3.8, 4) is 5.75 Å². The average Bonchev–Trinajstić information content (AvgIpc) is 2.35. The first-order valence-electron chi connectivity index (χ1n) is 6.86. The van der Waals surface area contributed by atoms with Gasteiger partial charge in [0.1, 0.15) is 5.75 Å². The van der Waals surface area contributed by atoms with E-state index in [0.717, 1.165) is 5.75 Å². The molecule has 18 heavy (non-hydrogen) atoms. The number of hydrogen-bond acceptors (Lipinski definition) is 2. The summed E-state index contributed by atoms with van der Waals surface area (Å²) in [4.78, 5) is 0. The Labute approximate surface area is 114 Å². The van der Waals surface area contributed by atoms with Crippen LogP contribution in [0.1, 0.15) is 47.1 Å². The van der Waals surface area contributed by atoms with Gasteiger partial charge in [-0.15, -0.1) is 0 Å². The van der Waals surface area contributed by atoms with Gasteiger partial charge in [0, 0.05) is 6.04 Å². The molecule has 0 bridgehead atoms. The third kappa shape index (κ3) is 13.0. The zero-order valence-electron chi connectivity index (χ0n) is 13.4. The summed E-state index contributed by atoms with van der Waals surface area (Å²) in [6.07, 6.45) is 0.262. The van der Waals surface area contributed by atoms with Crippen LogP contribution in [0.5, 0.6) is 5.75 Å². The Kier molecular flexibility index (Phi) is 13.4. The van der Waals surface area contributed by atoms with Crippen molar-refractivity contribution in [1.82, 2.24) is 5.32 Å². The zero-order chi connectivity index (χ0) is 14.6. The van der Waals surface area contributed by atoms with Crippen molar-refractivity contribution in [1.29, 1.82) is 0 Å². The van der Waals surface area contributed by atoms with E-state index in [0.29, 0.717) is 6.04 Å². The molecule has 1 aromatic rings. The average molecular weight is 253 g/mol. The molecule has 0 aromatic heterocycles. The first-order chi connectivity index (χ1) is 8.45. The summed E-state index contributed by atoms with van der Waals surface area (Å²) in [6, 6.07) is 8.73. The highest BCUT2D eigenvalue weighted by atomic mass is 16.5. The number of nitrogens with one attached hydrogen (secondary N) is 1. The second-order valence-corrected chi connectivity index (χ2v) is 4.42. The molecule has 2 nitrogen and oxygen atoms in total. The van der Waals surface area contributed by atoms with Crippen LogP contribution in [0, 0.1) is 6.92 Å². The van der Waals surface area contributed by atoms with Crippen LogP contribution in [0.3, 0.4) is 0 Å². The number of ether oxygens (including phenoxy) is 1. The van der Waals surface area contributed by atoms with E-state index in [1.807, 2.05) is 46.9 Å². The molecule has 0 fully saturated rings. The number of rotatable bonds is 3. The lowest BCUT2D eigenvalue weighted by Gasteiger charge is -2.08. The lowest BCUT2D eigenvalue weighted by Crippen LogP contribution is -2.15. The van der Waals surface area contributed by atoms with Gasteiger partial charge in [-0.25, -0.2) is 0 Å². The molecule has 2 heteroatoms. The first-order valence-corrected chi connectivity index (χ1v) is 6.86. The van der Waals surface area contributed by atoms with Crippen LogP contribution in [0.25, 0.3) is 0 Å². The molecule has 0 amide bonds. The first kappa shape index (κ1) is 19.3. The van der Waals surface area contributed by atoms with Crippen LogP contribution >= 0.6 is 0 Å². The monoisotopic (exact) mass is 253 g/mol. The highest BCUT2D eigenvalue weighted by molar-refractivity contribution is 5.26. The minimum absolute atomic E-state index is 0.262. The summed E-state index contributed by atoms with van der Waals surface area (Å²) in [6.45, 7) is 14.3. The van der Waals surface area contributed by atoms with E-state index < -0.39 is 0 Å². The Morgan fingerprint density at radius 3 is 1.61 bits per heavy atom. The number of benzene rings is 1. The van der Waals surface area contributed by atoms with Crippen LogP contribution in [0.2, 0.25) is 0 Å². The maximum atomic E-state index is 5.47. The zero-order valence-corrected chi connectivity index (χ0v) is 13.4. The van der Waals surface area contributed by atoms with Gasteiger partial charge in [-0.3, -0.25) is 0 Å². The fraction of sp³-hybridized carbons (Fsp3) is 0.625. The van der Waals surface area contributed by atoms with Crippen LogP contribution < -0.4 is 10.1 Å². The SMILES string of the molecule is CC.CNC(C)C.Cc1ccc(OC(C)C)cc1. The second kappa shape index (κ2) is 12.4. The van der Waals surface area contributed by atoms with Gasteiger partial charge < -0.3 is 10.1 Å². The Bertz CT molecular complexity index is 265. The molecule has 0 unspecified atom stereocenters. The molecule has 0 heterocycles. The molecule has 0 aliphatic carbocycles. The van der Waals surface area contributed by atoms with Crippen molar-refractivity contribution in [2.45, 2.75) is 60.6 Å². The molecular formula is C16H31NO. The van der Waals surface area contributed by atoms with Crippen molar-refractivity contribution in [2.24, 2.45) is 0 Å². The normalized spacial score (nSPS) is 9.22. The van der Waals surface area contributed by atoms with E-state index in [1.165, 1.54) is 5.56 Å². The molecule has 1 N–H and O–H groups in total. The standard InChI is InChI=1S/C10H14O.C4H11N.C2H6/c1-8(2)11-10-6-4-9(3)5-7-10;1-4(2)5-3;1-2/h4-8H,1-3H3;4-5H,1-3H3;1-2H3. The third-order valence-electron chi connectivity index (χ3n) is 1.97. The highest BCUT2D eigenvalue weighted by Crippen LogP contribution is 2.12. The molecule has 1 aromatic carbocycles. The Morgan fingerprint density at radius 2 is 1.33 bits per heavy atom. The molecule has 0 saturated carbocycles. The lowest BCUT2D eigenvalue weighted by molar-refractivity contribution is 0.242. The predicted molar refractivity (Wildman–Crippen MR) is 82.5 cm³/mol. The van der Waals surface area contributed by atoms with Crippen LogP contribution in [0.4, 0.5) is 0 Å². The maximum absolute atomic E-state index is 5.47. The van der Waals surface area contributed by atoms with Crippen molar-refractivity contribution in [2.75, 3.05) is 7.05 Å². The van der Waals surface area contributed by atoms with E-state index in [2.05, 4.69) is 38.2 Å². The predicted octanol–water partition coefficient (Wildman–Crippen LogP) is 4.42. The Balaban J connectivity index is 0. The molecule has 0 spiro atoms. The van der Waals surface area contributed by atoms with Crippen molar-refractivity contribution in [3.05, 3.63) is 29.8 Å². The second-order valence-electron chi connectivity index (χ2n) is 4.42. The van der Waals surface area contributed by atoms with Gasteiger partial charge in [-0.2, -0.15) is 0 Å². The van der Waals surface area contributed by atoms with Crippen LogP contribution in [-0.4, -0.2) is 19.2 Å². The topological polar surface area (TPSA) is 21.3 Å². The van der Waals surface area contributed by atoms with Crippen LogP contribution in [-0.2, 0) is 0 Å². The van der Waals surface area contributed by atoms with E-state index in [4.69, 9.17) is 4.74 Å². The largest absolute Gasteiger partial charge is 0.491 e. The summed E-state index contributed by atoms with van der Waals surface area (Å²) >= 11 is 0. The van der Waals surface area contributed by atoms with Gasteiger partial charge in [0.05, 0.1) is 6.10 Å². The smallest absolute Gasteiger partial charge is 0.119 e. The quantitative estimate of drug-likeness (QED) is 0.861. The van der Waals surface area contributed by atoms with E-state index in [9.17, 15) is 0 Å². The van der Waals surface area contributed by atoms with Crippen molar-refractivity contribution >= 4 is 0 Å². The molecule has 0 aliphatic rings. The minimum Gasteiger partial charge on any atom is -0.491 e. The minimum atomic E-state index is 0.262. The summed E-state index contributed by atoms with van der Waals surface area (Å²) in [7, 11) is 1.95. The fourth-order valence-electron chi connectivity index (χ4n) is 0.889. The van der Waals surface area contributed by atoms with Crippen molar-refractivity contribution < 1.29 is 4.74 Å². The van der Waals surface area contributed by atoms with E-state index in [1.54, 1.807) is 0 Å². The summed E-state index contributed by atoms with van der Waals surface area (Å²) < 4.78 is 5.47. The molecule has 0 aliphatic heterocycles. The van der Waals surface area contributed by atoms with Gasteiger partial charge in [0.15, 0.2) is 0 Å². The fourth-order valence-corrected chi connectivity index (χ4v) is 0.889. The molecule has 0 saturated heterocycles. The van der Waals surface area contributed by atoms with Crippen LogP contribution in [0.15, 0.2) is 24.3 Å². The number of hydrogen-bond donors (Lipinski definition) is 1. The summed E-state index contributed by atoms with van der Waals surface area (Å²) in [5.41, 5.74) is 1.26. The highest BCUT2D eigenvalue weighted by Gasteiger charge is 1.94. The van der Waals surface area contributed by atoms with E-state index >= 15 is 0 Å². The Morgan fingerprint density at radius 1 is 0.944 bits per heavy atom. The van der Waals surface area contributed by atoms with Gasteiger partial charge in [-0.1, -0.05) is 45.4 Å². The van der Waals surface area contributed by atoms with E-state index in [-0.39, 0.29) is 6.10 Å². The molecule has 0 radical (unpaired) electrons. The molecule has 1 rings (SSSR count). The summed E-state index contributed by atoms with van der Waals surface area (Å²) in [5, 5.41) is 3.03. The molecule has 106 valence electrons. The van der Waals surface area contributed by atoms with Gasteiger partial charge >= 0.3 is 0 Å². The van der Waals surface area contributed by atoms with Crippen molar-refractivity contribution in [3.63, 3.8) is 0 Å². The lowest BCUT2D eigenvalue weighted by atomic mass is 10.2. The third-order valence-corrected chi connectivity index (χ3v) is 1.97. The summed E-state index contributed by atoms with van der Waals surface area (Å²) in [5.74, 6) is 0.950.